The van der Waals surface area contributed by atoms with Gasteiger partial charge in [0.2, 0.25) is 0 Å². The molecule has 0 radical (unpaired) electrons. The number of hydrogen-bond donors (Lipinski definition) is 1. The Balaban J connectivity index is 2.62. The fourth-order valence-electron chi connectivity index (χ4n) is 2.19. The molecule has 0 atom stereocenters. The lowest BCUT2D eigenvalue weighted by molar-refractivity contribution is -0.137. The highest BCUT2D eigenvalue weighted by Crippen LogP contribution is 2.36. The lowest BCUT2D eigenvalue weighted by Crippen LogP contribution is -2.16. The molecular weight excluding hydrogens is 395 g/mol. The monoisotopic (exact) mass is 415 g/mol. The van der Waals surface area contributed by atoms with Gasteiger partial charge in [-0.3, -0.25) is 4.72 Å². The van der Waals surface area contributed by atoms with Gasteiger partial charge in [-0.15, -0.1) is 0 Å². The quantitative estimate of drug-likeness (QED) is 0.731. The molecule has 0 amide bonds. The van der Waals surface area contributed by atoms with Gasteiger partial charge in [0.05, 0.1) is 21.7 Å². The minimum absolute atomic E-state index is 0.00394. The van der Waals surface area contributed by atoms with Crippen molar-refractivity contribution >= 4 is 25.7 Å². The molecule has 8 heteroatoms. The van der Waals surface area contributed by atoms with Gasteiger partial charge in [-0.05, 0) is 60.8 Å². The number of aryl methyl sites for hydroxylation is 1. The van der Waals surface area contributed by atoms with Crippen molar-refractivity contribution < 1.29 is 21.6 Å². The number of halogens is 3. The molecule has 0 saturated carbocycles. The highest BCUT2D eigenvalue weighted by molar-refractivity contribution is 8.36. The van der Waals surface area contributed by atoms with Gasteiger partial charge >= 0.3 is 6.18 Å². The largest absolute Gasteiger partial charge is 0.416 e. The lowest BCUT2D eigenvalue weighted by atomic mass is 10.0. The molecule has 0 unspecified atom stereocenters. The summed E-state index contributed by atoms with van der Waals surface area (Å²) >= 11 is 0. The van der Waals surface area contributed by atoms with Crippen molar-refractivity contribution in [1.82, 2.24) is 0 Å². The van der Waals surface area contributed by atoms with Gasteiger partial charge in [0.1, 0.15) is 0 Å². The fourth-order valence-corrected chi connectivity index (χ4v) is 3.78. The van der Waals surface area contributed by atoms with Gasteiger partial charge in [-0.1, -0.05) is 24.1 Å². The first-order valence-electron chi connectivity index (χ1n) is 7.80. The third kappa shape index (κ3) is 5.68. The number of sulfonamides is 1. The van der Waals surface area contributed by atoms with Gasteiger partial charge in [0, 0.05) is 0 Å². The molecule has 0 heterocycles. The van der Waals surface area contributed by atoms with Gasteiger partial charge in [0.25, 0.3) is 10.0 Å². The SMILES string of the molecule is Cc1cc(C(F)(F)F)cc(C#CS(C)(C)C)c1NS(=O)(=O)c1ccccc1. The van der Waals surface area contributed by atoms with Crippen LogP contribution in [0.5, 0.6) is 0 Å². The lowest BCUT2D eigenvalue weighted by Gasteiger charge is -2.17. The van der Waals surface area contributed by atoms with Crippen LogP contribution in [0, 0.1) is 18.1 Å². The van der Waals surface area contributed by atoms with E-state index in [1.165, 1.54) is 19.1 Å². The summed E-state index contributed by atoms with van der Waals surface area (Å²) in [5, 5.41) is 2.94. The molecule has 2 aromatic rings. The topological polar surface area (TPSA) is 46.2 Å². The Bertz CT molecular complexity index is 997. The summed E-state index contributed by atoms with van der Waals surface area (Å²) in [6, 6.07) is 9.42. The smallest absolute Gasteiger partial charge is 0.278 e. The van der Waals surface area contributed by atoms with E-state index >= 15 is 0 Å². The summed E-state index contributed by atoms with van der Waals surface area (Å²) in [6.45, 7) is 1.42. The van der Waals surface area contributed by atoms with Gasteiger partial charge in [0.15, 0.2) is 0 Å². The Kier molecular flexibility index (Phi) is 5.88. The molecule has 0 aliphatic carbocycles. The Morgan fingerprint density at radius 1 is 1.00 bits per heavy atom. The molecule has 2 rings (SSSR count). The van der Waals surface area contributed by atoms with Crippen LogP contribution in [-0.4, -0.2) is 27.2 Å². The molecule has 0 aliphatic heterocycles. The average Bonchev–Trinajstić information content (AvgIpc) is 2.54. The number of alkyl halides is 3. The standard InChI is InChI=1S/C19H20F3NO2S2/c1-14-12-16(19(20,21)22)13-15(10-11-26(2,3)4)18(14)23-27(24,25)17-8-6-5-7-9-17/h5-9,12-13,23H,1-4H3. The summed E-state index contributed by atoms with van der Waals surface area (Å²) in [5.41, 5.74) is -0.652. The second kappa shape index (κ2) is 7.49. The zero-order valence-corrected chi connectivity index (χ0v) is 16.9. The number of nitrogens with one attached hydrogen (secondary N) is 1. The Labute approximate surface area is 159 Å². The van der Waals surface area contributed by atoms with Crippen molar-refractivity contribution in [3.63, 3.8) is 0 Å². The first kappa shape index (κ1) is 21.2. The summed E-state index contributed by atoms with van der Waals surface area (Å²) in [4.78, 5) is 0.0182. The maximum absolute atomic E-state index is 13.2. The highest BCUT2D eigenvalue weighted by Gasteiger charge is 2.32. The van der Waals surface area contributed by atoms with E-state index in [2.05, 4.69) is 15.9 Å². The summed E-state index contributed by atoms with van der Waals surface area (Å²) in [5.74, 6) is 2.74. The van der Waals surface area contributed by atoms with Crippen molar-refractivity contribution in [2.45, 2.75) is 18.0 Å². The van der Waals surface area contributed by atoms with Crippen molar-refractivity contribution in [2.24, 2.45) is 0 Å². The third-order valence-corrected chi connectivity index (χ3v) is 5.52. The van der Waals surface area contributed by atoms with E-state index in [0.29, 0.717) is 0 Å². The van der Waals surface area contributed by atoms with E-state index in [1.54, 1.807) is 18.2 Å². The van der Waals surface area contributed by atoms with E-state index < -0.39 is 31.8 Å². The van der Waals surface area contributed by atoms with E-state index in [9.17, 15) is 21.6 Å². The fraction of sp³-hybridized carbons (Fsp3) is 0.263. The molecule has 27 heavy (non-hydrogen) atoms. The predicted octanol–water partition coefficient (Wildman–Crippen LogP) is 4.82. The van der Waals surface area contributed by atoms with Crippen molar-refractivity contribution in [1.29, 1.82) is 0 Å². The maximum atomic E-state index is 13.2. The van der Waals surface area contributed by atoms with Gasteiger partial charge < -0.3 is 0 Å². The van der Waals surface area contributed by atoms with Crippen LogP contribution in [0.1, 0.15) is 16.7 Å². The molecule has 3 nitrogen and oxygen atoms in total. The normalized spacial score (nSPS) is 12.9. The van der Waals surface area contributed by atoms with Crippen LogP contribution in [0.4, 0.5) is 18.9 Å². The number of anilines is 1. The Morgan fingerprint density at radius 3 is 2.11 bits per heavy atom. The second-order valence-electron chi connectivity index (χ2n) is 6.70. The molecule has 1 N–H and O–H groups in total. The first-order valence-corrected chi connectivity index (χ1v) is 12.1. The van der Waals surface area contributed by atoms with Crippen LogP contribution < -0.4 is 4.72 Å². The molecule has 0 spiro atoms. The van der Waals surface area contributed by atoms with Crippen LogP contribution in [0.15, 0.2) is 47.4 Å². The molecule has 0 bridgehead atoms. The average molecular weight is 416 g/mol. The van der Waals surface area contributed by atoms with Crippen LogP contribution in [-0.2, 0) is 16.2 Å². The Hall–Kier alpha value is -2.11. The minimum Gasteiger partial charge on any atom is -0.278 e. The van der Waals surface area contributed by atoms with Crippen LogP contribution in [0.2, 0.25) is 0 Å². The zero-order chi connectivity index (χ0) is 20.5. The number of benzene rings is 2. The molecule has 0 fully saturated rings. The van der Waals surface area contributed by atoms with Gasteiger partial charge in [-0.2, -0.15) is 23.2 Å². The maximum Gasteiger partial charge on any atom is 0.416 e. The van der Waals surface area contributed by atoms with Gasteiger partial charge in [-0.25, -0.2) is 8.42 Å². The minimum atomic E-state index is -4.55. The number of rotatable bonds is 3. The molecule has 146 valence electrons. The van der Waals surface area contributed by atoms with Crippen LogP contribution >= 0.6 is 10.0 Å². The van der Waals surface area contributed by atoms with E-state index in [0.717, 1.165) is 12.1 Å². The summed E-state index contributed by atoms with van der Waals surface area (Å²) in [6.07, 6.45) is 1.14. The van der Waals surface area contributed by atoms with Crippen molar-refractivity contribution in [3.8, 4) is 11.2 Å². The summed E-state index contributed by atoms with van der Waals surface area (Å²) in [7, 11) is -5.27. The zero-order valence-electron chi connectivity index (χ0n) is 15.3. The van der Waals surface area contributed by atoms with Crippen LogP contribution in [0.25, 0.3) is 0 Å². The second-order valence-corrected chi connectivity index (χ2v) is 12.3. The molecule has 2 aromatic carbocycles. The first-order chi connectivity index (χ1) is 12.3. The van der Waals surface area contributed by atoms with E-state index in [4.69, 9.17) is 0 Å². The molecule has 0 saturated heterocycles. The number of hydrogen-bond acceptors (Lipinski definition) is 2. The van der Waals surface area contributed by atoms with Crippen LogP contribution in [0.3, 0.4) is 0 Å². The highest BCUT2D eigenvalue weighted by atomic mass is 32.3. The molecule has 0 aliphatic rings. The Morgan fingerprint density at radius 2 is 1.59 bits per heavy atom. The van der Waals surface area contributed by atoms with Crippen molar-refractivity contribution in [2.75, 3.05) is 23.5 Å². The summed E-state index contributed by atoms with van der Waals surface area (Å²) < 4.78 is 67.1. The van der Waals surface area contributed by atoms with E-state index in [-0.39, 0.29) is 21.7 Å². The molecule has 0 aromatic heterocycles. The molecular formula is C19H20F3NO2S2. The third-order valence-electron chi connectivity index (χ3n) is 3.44. The van der Waals surface area contributed by atoms with E-state index in [1.807, 2.05) is 18.8 Å². The van der Waals surface area contributed by atoms with Crippen molar-refractivity contribution in [3.05, 3.63) is 59.2 Å². The predicted molar refractivity (Wildman–Crippen MR) is 106 cm³/mol.